The van der Waals surface area contributed by atoms with Gasteiger partial charge in [0.25, 0.3) is 0 Å². The summed E-state index contributed by atoms with van der Waals surface area (Å²) in [6.07, 6.45) is 17.1. The average molecular weight is 878 g/mol. The van der Waals surface area contributed by atoms with Crippen molar-refractivity contribution in [2.24, 2.45) is 23.2 Å². The summed E-state index contributed by atoms with van der Waals surface area (Å²) in [5, 5.41) is 11.7. The molecule has 3 heterocycles. The fraction of sp³-hybridized carbons (Fsp3) is 0.464. The Morgan fingerprint density at radius 1 is 0.859 bits per heavy atom. The molecule has 2 aliphatic heterocycles. The van der Waals surface area contributed by atoms with Crippen LogP contribution >= 0.6 is 11.6 Å². The number of Topliss-reactive ketones (excluding diaryl/α,β-unsaturated/α-hetero) is 1. The highest BCUT2D eigenvalue weighted by molar-refractivity contribution is 6.30. The second-order valence-electron chi connectivity index (χ2n) is 19.6. The van der Waals surface area contributed by atoms with Crippen molar-refractivity contribution in [2.75, 3.05) is 33.3 Å². The number of halogens is 1. The number of hydrogen-bond donors (Lipinski definition) is 1. The Morgan fingerprint density at radius 2 is 1.61 bits per heavy atom. The van der Waals surface area contributed by atoms with Gasteiger partial charge < -0.3 is 14.4 Å². The molecule has 4 aromatic carbocycles. The fourth-order valence-electron chi connectivity index (χ4n) is 12.3. The van der Waals surface area contributed by atoms with Gasteiger partial charge in [0.15, 0.2) is 0 Å². The van der Waals surface area contributed by atoms with Crippen molar-refractivity contribution in [1.29, 1.82) is 0 Å². The van der Waals surface area contributed by atoms with E-state index in [2.05, 4.69) is 119 Å². The minimum absolute atomic E-state index is 0.0612. The molecule has 1 N–H and O–H groups in total. The molecule has 8 heteroatoms. The molecule has 4 aliphatic carbocycles. The molecule has 7 nitrogen and oxygen atoms in total. The van der Waals surface area contributed by atoms with Crippen LogP contribution < -0.4 is 0 Å². The second kappa shape index (κ2) is 19.5. The largest absolute Gasteiger partial charge is 0.377 e. The van der Waals surface area contributed by atoms with Crippen LogP contribution in [0.5, 0.6) is 0 Å². The van der Waals surface area contributed by atoms with Gasteiger partial charge >= 0.3 is 0 Å². The molecular formula is C56H65ClN4O3. The van der Waals surface area contributed by atoms with Crippen molar-refractivity contribution in [1.82, 2.24) is 19.4 Å². The standard InChI is InChI=1S/C20H26O2.C19H20ClN3.C17H19NO/c1-3-20(22)11-9-18-17-6-4-13-12-14(21)5-7-15(13)16(17)8-10-19(18,20)2;20-16-9-7-15(8-10-16)13-23-18-6-2-1-5-17(18)21-19(23)14-22-11-3-4-12-22;1-18-11-12-19-17(14-7-3-2-4-8-14)16-10-6-5-9-15(16)13-18/h1,16-18,22H,4-12H2,2H3;1-2,5-10H,3-4,11-14H2;2-10,17H,11-13H2,1H3/t16-,17-,18+,19+,20+;;/m1../s1. The lowest BCUT2D eigenvalue weighted by atomic mass is 9.52. The quantitative estimate of drug-likeness (QED) is 0.140. The molecule has 0 bridgehead atoms. The van der Waals surface area contributed by atoms with Crippen LogP contribution in [-0.4, -0.2) is 69.1 Å². The third-order valence-electron chi connectivity index (χ3n) is 15.8. The Bertz CT molecular complexity index is 2480. The fourth-order valence-corrected chi connectivity index (χ4v) is 12.4. The van der Waals surface area contributed by atoms with E-state index in [1.807, 2.05) is 18.2 Å². The highest BCUT2D eigenvalue weighted by atomic mass is 35.5. The predicted octanol–water partition coefficient (Wildman–Crippen LogP) is 11.2. The van der Waals surface area contributed by atoms with E-state index in [0.29, 0.717) is 23.5 Å². The normalized spacial score (nSPS) is 28.0. The Hall–Kier alpha value is -4.55. The predicted molar refractivity (Wildman–Crippen MR) is 258 cm³/mol. The van der Waals surface area contributed by atoms with E-state index in [4.69, 9.17) is 27.7 Å². The number of benzene rings is 4. The number of carbonyl (C=O) groups is 1. The zero-order valence-electron chi connectivity index (χ0n) is 37.9. The van der Waals surface area contributed by atoms with Crippen LogP contribution in [0.3, 0.4) is 0 Å². The summed E-state index contributed by atoms with van der Waals surface area (Å²) in [7, 11) is 2.14. The summed E-state index contributed by atoms with van der Waals surface area (Å²) < 4.78 is 8.47. The number of ketones is 1. The van der Waals surface area contributed by atoms with Crippen molar-refractivity contribution in [3.8, 4) is 12.3 Å². The van der Waals surface area contributed by atoms with Gasteiger partial charge in [0.1, 0.15) is 23.3 Å². The third kappa shape index (κ3) is 9.28. The van der Waals surface area contributed by atoms with Crippen LogP contribution in [0.15, 0.2) is 114 Å². The van der Waals surface area contributed by atoms with Crippen molar-refractivity contribution in [3.05, 3.63) is 147 Å². The molecule has 0 spiro atoms. The highest BCUT2D eigenvalue weighted by Gasteiger charge is 2.61. The number of likely N-dealkylation sites (tertiary alicyclic amines) is 1. The Kier molecular flexibility index (Phi) is 13.6. The minimum Gasteiger partial charge on any atom is -0.377 e. The highest BCUT2D eigenvalue weighted by Crippen LogP contribution is 2.64. The number of fused-ring (bicyclic) bond motifs is 6. The molecule has 3 fully saturated rings. The van der Waals surface area contributed by atoms with E-state index in [1.54, 1.807) is 5.57 Å². The zero-order chi connectivity index (χ0) is 44.3. The van der Waals surface area contributed by atoms with Crippen molar-refractivity contribution >= 4 is 28.4 Å². The van der Waals surface area contributed by atoms with Gasteiger partial charge in [0.05, 0.1) is 24.2 Å². The molecule has 0 radical (unpaired) electrons. The van der Waals surface area contributed by atoms with Crippen LogP contribution in [-0.2, 0) is 29.2 Å². The number of nitrogens with zero attached hydrogens (tertiary/aromatic N) is 4. The van der Waals surface area contributed by atoms with E-state index in [0.717, 1.165) is 101 Å². The molecule has 334 valence electrons. The maximum absolute atomic E-state index is 11.7. The smallest absolute Gasteiger partial charge is 0.137 e. The number of carbonyl (C=O) groups excluding carboxylic acids is 1. The van der Waals surface area contributed by atoms with Crippen LogP contribution in [0.25, 0.3) is 11.0 Å². The summed E-state index contributed by atoms with van der Waals surface area (Å²) in [5.41, 5.74) is 9.50. The first-order chi connectivity index (χ1) is 31.1. The lowest BCUT2D eigenvalue weighted by Gasteiger charge is -2.53. The van der Waals surface area contributed by atoms with Crippen LogP contribution in [0.2, 0.25) is 5.02 Å². The Labute approximate surface area is 385 Å². The van der Waals surface area contributed by atoms with Gasteiger partial charge in [-0.25, -0.2) is 4.98 Å². The molecule has 1 unspecified atom stereocenters. The molecule has 64 heavy (non-hydrogen) atoms. The van der Waals surface area contributed by atoms with Gasteiger partial charge in [-0.3, -0.25) is 14.6 Å². The molecule has 11 rings (SSSR count). The minimum atomic E-state index is -0.903. The summed E-state index contributed by atoms with van der Waals surface area (Å²) >= 11 is 6.01. The van der Waals surface area contributed by atoms with E-state index < -0.39 is 5.60 Å². The number of ether oxygens (including phenoxy) is 1. The van der Waals surface area contributed by atoms with Crippen LogP contribution in [0.1, 0.15) is 112 Å². The molecule has 2 saturated carbocycles. The summed E-state index contributed by atoms with van der Waals surface area (Å²) in [4.78, 5) is 21.4. The average Bonchev–Trinajstić information content (AvgIpc) is 4.02. The molecule has 5 aromatic rings. The zero-order valence-corrected chi connectivity index (χ0v) is 38.6. The van der Waals surface area contributed by atoms with Gasteiger partial charge in [-0.1, -0.05) is 114 Å². The lowest BCUT2D eigenvalue weighted by molar-refractivity contribution is -0.119. The lowest BCUT2D eigenvalue weighted by Crippen LogP contribution is -2.50. The first-order valence-electron chi connectivity index (χ1n) is 23.9. The Morgan fingerprint density at radius 3 is 2.41 bits per heavy atom. The third-order valence-corrected chi connectivity index (χ3v) is 16.0. The molecule has 1 saturated heterocycles. The van der Waals surface area contributed by atoms with Crippen molar-refractivity contribution in [2.45, 2.75) is 109 Å². The van der Waals surface area contributed by atoms with E-state index in [-0.39, 0.29) is 11.5 Å². The number of likely N-dealkylation sites (N-methyl/N-ethyl adjacent to an activating group) is 1. The number of imidazole rings is 1. The summed E-state index contributed by atoms with van der Waals surface area (Å²) in [6, 6.07) is 35.6. The second-order valence-corrected chi connectivity index (χ2v) is 20.0. The SMILES string of the molecule is C#C[C@]1(O)CC[C@H]2[C@@H]3CCC4=C(CCC(=O)C4)[C@H]3CC[C@@]21C.CN1CCOC(c2ccccc2)c2ccccc2C1.Clc1ccc(Cn2c(CN3CCCC3)nc3ccccc32)cc1. The number of aromatic nitrogens is 2. The van der Waals surface area contributed by atoms with Crippen molar-refractivity contribution < 1.29 is 14.6 Å². The number of aliphatic hydroxyl groups is 1. The van der Waals surface area contributed by atoms with Crippen LogP contribution in [0.4, 0.5) is 0 Å². The molecule has 1 aromatic heterocycles. The van der Waals surface area contributed by atoms with Gasteiger partial charge in [0.2, 0.25) is 0 Å². The van der Waals surface area contributed by atoms with Gasteiger partial charge in [-0.2, -0.15) is 0 Å². The maximum Gasteiger partial charge on any atom is 0.137 e. The topological polar surface area (TPSA) is 70.8 Å². The number of rotatable bonds is 5. The number of para-hydroxylation sites is 2. The first kappa shape index (κ1) is 44.6. The van der Waals surface area contributed by atoms with Gasteiger partial charge in [-0.05, 0) is 142 Å². The molecule has 6 aliphatic rings. The van der Waals surface area contributed by atoms with E-state index in [1.165, 1.54) is 65.7 Å². The number of hydrogen-bond acceptors (Lipinski definition) is 6. The molecule has 0 amide bonds. The van der Waals surface area contributed by atoms with Gasteiger partial charge in [-0.15, -0.1) is 6.42 Å². The van der Waals surface area contributed by atoms with Crippen molar-refractivity contribution in [3.63, 3.8) is 0 Å². The van der Waals surface area contributed by atoms with E-state index >= 15 is 0 Å². The summed E-state index contributed by atoms with van der Waals surface area (Å²) in [6.45, 7) is 9.09. The maximum atomic E-state index is 11.7. The van der Waals surface area contributed by atoms with E-state index in [9.17, 15) is 9.90 Å². The molecule has 6 atom stereocenters. The van der Waals surface area contributed by atoms with Crippen LogP contribution in [0, 0.1) is 35.5 Å². The molecular weight excluding hydrogens is 812 g/mol. The number of terminal acetylenes is 1. The monoisotopic (exact) mass is 876 g/mol. The van der Waals surface area contributed by atoms with Gasteiger partial charge in [0, 0.05) is 42.9 Å². The first-order valence-corrected chi connectivity index (χ1v) is 24.3. The Balaban J connectivity index is 0.000000122. The summed E-state index contributed by atoms with van der Waals surface area (Å²) in [5.74, 6) is 6.21. The number of allylic oxidation sites excluding steroid dienone is 2.